The molecule has 0 aliphatic heterocycles. The van der Waals surface area contributed by atoms with Gasteiger partial charge in [0.05, 0.1) is 0 Å². The normalized spacial score (nSPS) is 10.6. The predicted molar refractivity (Wildman–Crippen MR) is 75.1 cm³/mol. The highest BCUT2D eigenvalue weighted by molar-refractivity contribution is 7.09. The third-order valence-electron chi connectivity index (χ3n) is 2.72. The van der Waals surface area contributed by atoms with Gasteiger partial charge in [-0.15, -0.1) is 11.3 Å². The van der Waals surface area contributed by atoms with Gasteiger partial charge in [0.25, 0.3) is 0 Å². The Morgan fingerprint density at radius 3 is 2.56 bits per heavy atom. The second kappa shape index (κ2) is 5.98. The van der Waals surface area contributed by atoms with Gasteiger partial charge in [0.15, 0.2) is 0 Å². The van der Waals surface area contributed by atoms with E-state index in [0.29, 0.717) is 6.61 Å². The van der Waals surface area contributed by atoms with Crippen molar-refractivity contribution < 1.29 is 4.74 Å². The molecule has 4 heteroatoms. The van der Waals surface area contributed by atoms with Crippen molar-refractivity contribution in [2.24, 2.45) is 0 Å². The molecule has 1 aromatic heterocycles. The van der Waals surface area contributed by atoms with E-state index in [2.05, 4.69) is 36.3 Å². The van der Waals surface area contributed by atoms with Crippen molar-refractivity contribution >= 4 is 11.3 Å². The summed E-state index contributed by atoms with van der Waals surface area (Å²) >= 11 is 1.62. The molecule has 0 aliphatic carbocycles. The zero-order valence-electron chi connectivity index (χ0n) is 11.0. The molecule has 18 heavy (non-hydrogen) atoms. The van der Waals surface area contributed by atoms with Crippen molar-refractivity contribution in [3.63, 3.8) is 0 Å². The molecule has 1 heterocycles. The molecule has 1 aromatic carbocycles. The molecule has 2 aromatic rings. The van der Waals surface area contributed by atoms with E-state index >= 15 is 0 Å². The largest absolute Gasteiger partial charge is 0.486 e. The Labute approximate surface area is 112 Å². The van der Waals surface area contributed by atoms with Gasteiger partial charge in [-0.1, -0.05) is 12.1 Å². The SMILES string of the molecule is CNCc1cc(C)c(OCc2nccs2)c(C)c1. The van der Waals surface area contributed by atoms with Gasteiger partial charge in [0.2, 0.25) is 0 Å². The number of nitrogens with zero attached hydrogens (tertiary/aromatic N) is 1. The first-order valence-corrected chi connectivity index (χ1v) is 6.84. The molecule has 0 radical (unpaired) electrons. The quantitative estimate of drug-likeness (QED) is 0.899. The summed E-state index contributed by atoms with van der Waals surface area (Å²) in [5, 5.41) is 6.14. The lowest BCUT2D eigenvalue weighted by atomic mass is 10.1. The maximum Gasteiger partial charge on any atom is 0.140 e. The van der Waals surface area contributed by atoms with Crippen molar-refractivity contribution in [1.82, 2.24) is 10.3 Å². The third kappa shape index (κ3) is 3.09. The fraction of sp³-hybridized carbons (Fsp3) is 0.357. The number of aromatic nitrogens is 1. The highest BCUT2D eigenvalue weighted by atomic mass is 32.1. The average Bonchev–Trinajstić information content (AvgIpc) is 2.81. The third-order valence-corrected chi connectivity index (χ3v) is 3.48. The van der Waals surface area contributed by atoms with Gasteiger partial charge in [-0.3, -0.25) is 0 Å². The number of thiazole rings is 1. The monoisotopic (exact) mass is 262 g/mol. The maximum absolute atomic E-state index is 5.87. The summed E-state index contributed by atoms with van der Waals surface area (Å²) in [7, 11) is 1.96. The van der Waals surface area contributed by atoms with Gasteiger partial charge in [0, 0.05) is 18.1 Å². The van der Waals surface area contributed by atoms with E-state index in [-0.39, 0.29) is 0 Å². The van der Waals surface area contributed by atoms with Crippen LogP contribution < -0.4 is 10.1 Å². The standard InChI is InChI=1S/C14H18N2OS/c1-10-6-12(8-15-3)7-11(2)14(10)17-9-13-16-4-5-18-13/h4-7,15H,8-9H2,1-3H3. The van der Waals surface area contributed by atoms with E-state index in [1.807, 2.05) is 12.4 Å². The molecule has 3 nitrogen and oxygen atoms in total. The summed E-state index contributed by atoms with van der Waals surface area (Å²) in [5.74, 6) is 0.977. The topological polar surface area (TPSA) is 34.1 Å². The highest BCUT2D eigenvalue weighted by Gasteiger charge is 2.07. The Hall–Kier alpha value is -1.39. The van der Waals surface area contributed by atoms with Crippen molar-refractivity contribution in [3.8, 4) is 5.75 Å². The first-order valence-electron chi connectivity index (χ1n) is 5.96. The van der Waals surface area contributed by atoms with Crippen LogP contribution in [0, 0.1) is 13.8 Å². The molecule has 96 valence electrons. The van der Waals surface area contributed by atoms with E-state index in [1.54, 1.807) is 17.5 Å². The van der Waals surface area contributed by atoms with E-state index in [4.69, 9.17) is 4.74 Å². The smallest absolute Gasteiger partial charge is 0.140 e. The van der Waals surface area contributed by atoms with Crippen LogP contribution >= 0.6 is 11.3 Å². The van der Waals surface area contributed by atoms with Crippen molar-refractivity contribution in [2.45, 2.75) is 27.0 Å². The molecule has 2 rings (SSSR count). The first-order chi connectivity index (χ1) is 8.70. The van der Waals surface area contributed by atoms with E-state index in [0.717, 1.165) is 17.3 Å². The Morgan fingerprint density at radius 1 is 1.28 bits per heavy atom. The Kier molecular flexibility index (Phi) is 4.33. The zero-order chi connectivity index (χ0) is 13.0. The molecule has 0 saturated heterocycles. The first kappa shape index (κ1) is 13.1. The Morgan fingerprint density at radius 2 is 2.00 bits per heavy atom. The van der Waals surface area contributed by atoms with Crippen LogP contribution in [-0.4, -0.2) is 12.0 Å². The van der Waals surface area contributed by atoms with Crippen LogP contribution in [0.25, 0.3) is 0 Å². The minimum atomic E-state index is 0.546. The molecule has 0 unspecified atom stereocenters. The second-order valence-corrected chi connectivity index (χ2v) is 5.28. The summed E-state index contributed by atoms with van der Waals surface area (Å²) in [6.07, 6.45) is 1.80. The molecule has 0 atom stereocenters. The minimum Gasteiger partial charge on any atom is -0.486 e. The molecule has 0 saturated carbocycles. The predicted octanol–water partition coefficient (Wildman–Crippen LogP) is 3.06. The van der Waals surface area contributed by atoms with Crippen LogP contribution in [-0.2, 0) is 13.2 Å². The molecule has 0 bridgehead atoms. The van der Waals surface area contributed by atoms with Crippen molar-refractivity contribution in [2.75, 3.05) is 7.05 Å². The van der Waals surface area contributed by atoms with Gasteiger partial charge in [-0.25, -0.2) is 4.98 Å². The molecule has 0 amide bonds. The lowest BCUT2D eigenvalue weighted by Crippen LogP contribution is -2.06. The van der Waals surface area contributed by atoms with Crippen molar-refractivity contribution in [1.29, 1.82) is 0 Å². The molecule has 0 fully saturated rings. The van der Waals surface area contributed by atoms with Crippen molar-refractivity contribution in [3.05, 3.63) is 45.4 Å². The highest BCUT2D eigenvalue weighted by Crippen LogP contribution is 2.26. The molecular weight excluding hydrogens is 244 g/mol. The van der Waals surface area contributed by atoms with E-state index in [9.17, 15) is 0 Å². The summed E-state index contributed by atoms with van der Waals surface area (Å²) < 4.78 is 5.87. The molecule has 0 aliphatic rings. The lowest BCUT2D eigenvalue weighted by molar-refractivity contribution is 0.301. The van der Waals surface area contributed by atoms with Crippen LogP contribution in [0.2, 0.25) is 0 Å². The fourth-order valence-electron chi connectivity index (χ4n) is 2.03. The fourth-order valence-corrected chi connectivity index (χ4v) is 2.56. The summed E-state index contributed by atoms with van der Waals surface area (Å²) in [4.78, 5) is 4.22. The van der Waals surface area contributed by atoms with Gasteiger partial charge in [0.1, 0.15) is 17.4 Å². The van der Waals surface area contributed by atoms with Crippen LogP contribution in [0.15, 0.2) is 23.7 Å². The number of hydrogen-bond donors (Lipinski definition) is 1. The van der Waals surface area contributed by atoms with Crippen LogP contribution in [0.5, 0.6) is 5.75 Å². The number of rotatable bonds is 5. The number of benzene rings is 1. The van der Waals surface area contributed by atoms with Crippen LogP contribution in [0.1, 0.15) is 21.7 Å². The van der Waals surface area contributed by atoms with Gasteiger partial charge >= 0.3 is 0 Å². The van der Waals surface area contributed by atoms with Crippen LogP contribution in [0.3, 0.4) is 0 Å². The number of aryl methyl sites for hydroxylation is 2. The summed E-state index contributed by atoms with van der Waals surface area (Å²) in [6, 6.07) is 4.33. The van der Waals surface area contributed by atoms with E-state index in [1.165, 1.54) is 16.7 Å². The lowest BCUT2D eigenvalue weighted by Gasteiger charge is -2.13. The zero-order valence-corrected chi connectivity index (χ0v) is 11.8. The van der Waals surface area contributed by atoms with Crippen LogP contribution in [0.4, 0.5) is 0 Å². The number of ether oxygens (including phenoxy) is 1. The average molecular weight is 262 g/mol. The maximum atomic E-state index is 5.87. The number of nitrogens with one attached hydrogen (secondary N) is 1. The summed E-state index contributed by atoms with van der Waals surface area (Å²) in [5.41, 5.74) is 3.64. The minimum absolute atomic E-state index is 0.546. The summed E-state index contributed by atoms with van der Waals surface area (Å²) in [6.45, 7) is 5.60. The number of hydrogen-bond acceptors (Lipinski definition) is 4. The molecule has 1 N–H and O–H groups in total. The second-order valence-electron chi connectivity index (χ2n) is 4.30. The molecule has 0 spiro atoms. The molecular formula is C14H18N2OS. The van der Waals surface area contributed by atoms with Gasteiger partial charge < -0.3 is 10.1 Å². The van der Waals surface area contributed by atoms with Gasteiger partial charge in [-0.05, 0) is 37.6 Å². The van der Waals surface area contributed by atoms with E-state index < -0.39 is 0 Å². The Balaban J connectivity index is 2.12. The Bertz CT molecular complexity index is 486. The van der Waals surface area contributed by atoms with Gasteiger partial charge in [-0.2, -0.15) is 0 Å².